The molecule has 0 spiro atoms. The fraction of sp³-hybridized carbons (Fsp3) is 0.350. The van der Waals surface area contributed by atoms with Gasteiger partial charge in [-0.05, 0) is 17.5 Å². The number of carbonyl (C=O) groups excluding carboxylic acids is 1. The molecule has 1 amide bonds. The van der Waals surface area contributed by atoms with Crippen LogP contribution >= 0.6 is 0 Å². The average molecular weight is 378 g/mol. The summed E-state index contributed by atoms with van der Waals surface area (Å²) in [6.07, 6.45) is 2.96. The Morgan fingerprint density at radius 1 is 1.14 bits per heavy atom. The van der Waals surface area contributed by atoms with Gasteiger partial charge in [0.25, 0.3) is 5.91 Å². The van der Waals surface area contributed by atoms with E-state index in [2.05, 4.69) is 15.3 Å². The maximum Gasteiger partial charge on any atom is 0.346 e. The number of amides is 1. The summed E-state index contributed by atoms with van der Waals surface area (Å²) in [6, 6.07) is 10.9. The Hall–Kier alpha value is -3.29. The molecule has 1 aliphatic heterocycles. The van der Waals surface area contributed by atoms with Crippen LogP contribution in [0.25, 0.3) is 0 Å². The van der Waals surface area contributed by atoms with E-state index in [4.69, 9.17) is 0 Å². The number of hydrogen-bond acceptors (Lipinski definition) is 5. The van der Waals surface area contributed by atoms with Crippen LogP contribution in [0.5, 0.6) is 0 Å². The third kappa shape index (κ3) is 3.21. The van der Waals surface area contributed by atoms with Crippen LogP contribution in [0, 0.1) is 5.92 Å². The second-order valence-corrected chi connectivity index (χ2v) is 7.31. The number of aromatic nitrogens is 5. The second-order valence-electron chi connectivity index (χ2n) is 7.31. The minimum absolute atomic E-state index is 0.123. The summed E-state index contributed by atoms with van der Waals surface area (Å²) in [5, 5.41) is 12.2. The molecular weight excluding hydrogens is 356 g/mol. The smallest absolute Gasteiger partial charge is 0.322 e. The van der Waals surface area contributed by atoms with Crippen molar-refractivity contribution >= 4 is 5.91 Å². The molecule has 0 saturated carbocycles. The van der Waals surface area contributed by atoms with Crippen LogP contribution in [0.3, 0.4) is 0 Å². The van der Waals surface area contributed by atoms with E-state index in [1.165, 1.54) is 17.1 Å². The zero-order valence-corrected chi connectivity index (χ0v) is 15.9. The molecule has 1 aromatic carbocycles. The van der Waals surface area contributed by atoms with Crippen molar-refractivity contribution in [2.24, 2.45) is 5.92 Å². The summed E-state index contributed by atoms with van der Waals surface area (Å²) >= 11 is 0. The molecule has 28 heavy (non-hydrogen) atoms. The average Bonchev–Trinajstić information content (AvgIpc) is 3.03. The molecule has 3 heterocycles. The Morgan fingerprint density at radius 2 is 1.93 bits per heavy atom. The zero-order chi connectivity index (χ0) is 19.7. The van der Waals surface area contributed by atoms with Crippen molar-refractivity contribution in [3.63, 3.8) is 0 Å². The molecule has 0 aliphatic carbocycles. The number of benzene rings is 1. The van der Waals surface area contributed by atoms with Gasteiger partial charge in [0.1, 0.15) is 6.04 Å². The van der Waals surface area contributed by atoms with E-state index in [0.29, 0.717) is 36.9 Å². The predicted octanol–water partition coefficient (Wildman–Crippen LogP) is 1.74. The molecular formula is C20H22N6O2. The van der Waals surface area contributed by atoms with E-state index >= 15 is 0 Å². The standard InChI is InChI=1S/C20H22N6O2/c1-14(2)13-26-20(28)25-11-10-24(19(27)16-8-9-21-22-12-16)17(18(25)23-26)15-6-4-3-5-7-15/h3-9,12,14,17H,10-11,13H2,1-2H3. The largest absolute Gasteiger partial charge is 0.346 e. The molecule has 2 aromatic heterocycles. The summed E-state index contributed by atoms with van der Waals surface area (Å²) in [4.78, 5) is 27.8. The number of nitrogens with zero attached hydrogens (tertiary/aromatic N) is 6. The highest BCUT2D eigenvalue weighted by Crippen LogP contribution is 2.31. The molecule has 0 radical (unpaired) electrons. The molecule has 0 bridgehead atoms. The van der Waals surface area contributed by atoms with Gasteiger partial charge in [-0.2, -0.15) is 15.3 Å². The molecule has 1 aliphatic rings. The summed E-state index contributed by atoms with van der Waals surface area (Å²) in [6.45, 7) is 5.47. The lowest BCUT2D eigenvalue weighted by molar-refractivity contribution is 0.0656. The first kappa shape index (κ1) is 18.1. The number of rotatable bonds is 4. The SMILES string of the molecule is CC(C)Cn1nc2n(c1=O)CCN(C(=O)c1ccnnc1)C2c1ccccc1. The lowest BCUT2D eigenvalue weighted by Crippen LogP contribution is -2.44. The molecule has 144 valence electrons. The van der Waals surface area contributed by atoms with E-state index in [9.17, 15) is 9.59 Å². The van der Waals surface area contributed by atoms with Gasteiger partial charge in [-0.15, -0.1) is 0 Å². The Bertz CT molecular complexity index is 1030. The topological polar surface area (TPSA) is 85.9 Å². The van der Waals surface area contributed by atoms with Gasteiger partial charge >= 0.3 is 5.69 Å². The summed E-state index contributed by atoms with van der Waals surface area (Å²) < 4.78 is 3.20. The second kappa shape index (κ2) is 7.38. The van der Waals surface area contributed by atoms with Gasteiger partial charge in [0.05, 0.1) is 18.0 Å². The number of fused-ring (bicyclic) bond motifs is 1. The molecule has 3 aromatic rings. The molecule has 0 fully saturated rings. The van der Waals surface area contributed by atoms with Crippen molar-refractivity contribution < 1.29 is 4.79 Å². The van der Waals surface area contributed by atoms with Crippen molar-refractivity contribution in [2.45, 2.75) is 33.0 Å². The predicted molar refractivity (Wildman–Crippen MR) is 103 cm³/mol. The fourth-order valence-electron chi connectivity index (χ4n) is 3.58. The Morgan fingerprint density at radius 3 is 2.61 bits per heavy atom. The van der Waals surface area contributed by atoms with Crippen molar-refractivity contribution in [1.29, 1.82) is 0 Å². The normalized spacial score (nSPS) is 16.2. The maximum atomic E-state index is 13.2. The zero-order valence-electron chi connectivity index (χ0n) is 15.9. The number of hydrogen-bond donors (Lipinski definition) is 0. The molecule has 1 unspecified atom stereocenters. The molecule has 8 nitrogen and oxygen atoms in total. The first-order chi connectivity index (χ1) is 13.6. The summed E-state index contributed by atoms with van der Waals surface area (Å²) in [5.74, 6) is 0.741. The third-order valence-corrected chi connectivity index (χ3v) is 4.82. The Balaban J connectivity index is 1.82. The van der Waals surface area contributed by atoms with E-state index in [1.54, 1.807) is 15.5 Å². The van der Waals surface area contributed by atoms with Gasteiger partial charge in [0.2, 0.25) is 0 Å². The molecule has 0 N–H and O–H groups in total. The van der Waals surface area contributed by atoms with Crippen LogP contribution in [0.2, 0.25) is 0 Å². The van der Waals surface area contributed by atoms with Gasteiger partial charge in [-0.25, -0.2) is 9.48 Å². The Kier molecular flexibility index (Phi) is 4.77. The highest BCUT2D eigenvalue weighted by molar-refractivity contribution is 5.94. The monoisotopic (exact) mass is 378 g/mol. The van der Waals surface area contributed by atoms with Crippen LogP contribution in [0.1, 0.15) is 41.6 Å². The Labute approximate surface area is 162 Å². The van der Waals surface area contributed by atoms with Crippen molar-refractivity contribution in [3.05, 3.63) is 76.2 Å². The van der Waals surface area contributed by atoms with Crippen LogP contribution in [0.15, 0.2) is 53.6 Å². The quantitative estimate of drug-likeness (QED) is 0.690. The highest BCUT2D eigenvalue weighted by atomic mass is 16.2. The van der Waals surface area contributed by atoms with Gasteiger partial charge in [-0.1, -0.05) is 44.2 Å². The summed E-state index contributed by atoms with van der Waals surface area (Å²) in [7, 11) is 0. The minimum Gasteiger partial charge on any atom is -0.322 e. The lowest BCUT2D eigenvalue weighted by Gasteiger charge is -2.35. The van der Waals surface area contributed by atoms with Gasteiger partial charge in [0.15, 0.2) is 5.82 Å². The first-order valence-corrected chi connectivity index (χ1v) is 9.36. The van der Waals surface area contributed by atoms with Gasteiger partial charge in [-0.3, -0.25) is 9.36 Å². The highest BCUT2D eigenvalue weighted by Gasteiger charge is 2.36. The first-order valence-electron chi connectivity index (χ1n) is 9.36. The van der Waals surface area contributed by atoms with Gasteiger partial charge < -0.3 is 4.90 Å². The minimum atomic E-state index is -0.434. The maximum absolute atomic E-state index is 13.2. The fourth-order valence-corrected chi connectivity index (χ4v) is 3.58. The van der Waals surface area contributed by atoms with E-state index in [0.717, 1.165) is 5.56 Å². The molecule has 4 rings (SSSR count). The van der Waals surface area contributed by atoms with Gasteiger partial charge in [0, 0.05) is 19.6 Å². The molecule has 1 atom stereocenters. The van der Waals surface area contributed by atoms with E-state index in [1.807, 2.05) is 44.2 Å². The third-order valence-electron chi connectivity index (χ3n) is 4.82. The summed E-state index contributed by atoms with van der Waals surface area (Å²) in [5.41, 5.74) is 1.26. The molecule has 0 saturated heterocycles. The van der Waals surface area contributed by atoms with E-state index < -0.39 is 6.04 Å². The van der Waals surface area contributed by atoms with Crippen LogP contribution < -0.4 is 5.69 Å². The lowest BCUT2D eigenvalue weighted by atomic mass is 10.0. The number of carbonyl (C=O) groups is 1. The van der Waals surface area contributed by atoms with Crippen LogP contribution in [-0.4, -0.2) is 41.9 Å². The van der Waals surface area contributed by atoms with E-state index in [-0.39, 0.29) is 11.6 Å². The molecule has 8 heteroatoms. The van der Waals surface area contributed by atoms with Crippen LogP contribution in [0.4, 0.5) is 0 Å². The van der Waals surface area contributed by atoms with Crippen molar-refractivity contribution in [2.75, 3.05) is 6.54 Å². The van der Waals surface area contributed by atoms with Crippen molar-refractivity contribution in [3.8, 4) is 0 Å². The van der Waals surface area contributed by atoms with Crippen LogP contribution in [-0.2, 0) is 13.1 Å². The van der Waals surface area contributed by atoms with Crippen molar-refractivity contribution in [1.82, 2.24) is 29.4 Å².